The molecular formula is C11H14N2O3. The molecule has 0 fully saturated rings. The lowest BCUT2D eigenvalue weighted by atomic mass is 10.1. The second-order valence-electron chi connectivity index (χ2n) is 4.14. The van der Waals surface area contributed by atoms with E-state index in [4.69, 9.17) is 14.7 Å². The first-order valence-corrected chi connectivity index (χ1v) is 5.02. The van der Waals surface area contributed by atoms with E-state index in [1.807, 2.05) is 20.8 Å². The molecular weight excluding hydrogens is 208 g/mol. The maximum Gasteiger partial charge on any atom is 0.205 e. The lowest BCUT2D eigenvalue weighted by molar-refractivity contribution is -0.180. The van der Waals surface area contributed by atoms with Crippen LogP contribution >= 0.6 is 0 Å². The minimum Gasteiger partial charge on any atom is -0.461 e. The van der Waals surface area contributed by atoms with E-state index in [0.717, 1.165) is 11.3 Å². The smallest absolute Gasteiger partial charge is 0.205 e. The van der Waals surface area contributed by atoms with Gasteiger partial charge in [0.05, 0.1) is 18.5 Å². The van der Waals surface area contributed by atoms with Crippen molar-refractivity contribution >= 4 is 6.21 Å². The number of oxime groups is 1. The van der Waals surface area contributed by atoms with Crippen molar-refractivity contribution in [2.45, 2.75) is 33.2 Å². The Kier molecular flexibility index (Phi) is 2.55. The van der Waals surface area contributed by atoms with Gasteiger partial charge in [-0.1, -0.05) is 5.16 Å². The molecule has 0 saturated heterocycles. The number of aryl methyl sites for hydroxylation is 1. The minimum absolute atomic E-state index is 0.424. The molecule has 1 aliphatic rings. The van der Waals surface area contributed by atoms with E-state index in [1.165, 1.54) is 6.21 Å². The van der Waals surface area contributed by atoms with Gasteiger partial charge in [-0.05, 0) is 6.92 Å². The monoisotopic (exact) mass is 222 g/mol. The van der Waals surface area contributed by atoms with Crippen LogP contribution in [0.2, 0.25) is 0 Å². The van der Waals surface area contributed by atoms with Gasteiger partial charge in [0.1, 0.15) is 0 Å². The summed E-state index contributed by atoms with van der Waals surface area (Å²) >= 11 is 0. The average molecular weight is 222 g/mol. The maximum atomic E-state index is 8.55. The molecule has 1 aliphatic heterocycles. The van der Waals surface area contributed by atoms with E-state index in [-0.39, 0.29) is 0 Å². The molecule has 0 radical (unpaired) electrons. The van der Waals surface area contributed by atoms with Crippen molar-refractivity contribution in [2.24, 2.45) is 5.16 Å². The molecule has 1 N–H and O–H groups in total. The van der Waals surface area contributed by atoms with Crippen molar-refractivity contribution in [2.75, 3.05) is 0 Å². The summed E-state index contributed by atoms with van der Waals surface area (Å²) in [5.74, 6) is 0.0719. The lowest BCUT2D eigenvalue weighted by Gasteiger charge is -2.33. The fourth-order valence-electron chi connectivity index (χ4n) is 1.63. The summed E-state index contributed by atoms with van der Waals surface area (Å²) in [5, 5.41) is 11.6. The van der Waals surface area contributed by atoms with Crippen molar-refractivity contribution in [3.05, 3.63) is 23.0 Å². The first kappa shape index (κ1) is 10.9. The molecule has 1 aromatic heterocycles. The van der Waals surface area contributed by atoms with Crippen LogP contribution < -0.4 is 4.74 Å². The Balaban J connectivity index is 2.51. The predicted octanol–water partition coefficient (Wildman–Crippen LogP) is 1.84. The summed E-state index contributed by atoms with van der Waals surface area (Å²) < 4.78 is 11.2. The van der Waals surface area contributed by atoms with Gasteiger partial charge in [-0.2, -0.15) is 0 Å². The van der Waals surface area contributed by atoms with Gasteiger partial charge in [-0.15, -0.1) is 0 Å². The molecule has 5 heteroatoms. The summed E-state index contributed by atoms with van der Waals surface area (Å²) in [6.45, 7) is 6.00. The van der Waals surface area contributed by atoms with Crippen LogP contribution in [-0.2, 0) is 11.3 Å². The number of fused-ring (bicyclic) bond motifs is 1. The van der Waals surface area contributed by atoms with Crippen LogP contribution in [0.5, 0.6) is 5.75 Å². The van der Waals surface area contributed by atoms with Crippen molar-refractivity contribution in [3.63, 3.8) is 0 Å². The first-order chi connectivity index (χ1) is 7.53. The van der Waals surface area contributed by atoms with Gasteiger partial charge < -0.3 is 14.7 Å². The average Bonchev–Trinajstić information content (AvgIpc) is 2.22. The van der Waals surface area contributed by atoms with Crippen LogP contribution in [0.3, 0.4) is 0 Å². The Hall–Kier alpha value is -1.62. The molecule has 0 unspecified atom stereocenters. The quantitative estimate of drug-likeness (QED) is 0.447. The Morgan fingerprint density at radius 2 is 2.31 bits per heavy atom. The second-order valence-corrected chi connectivity index (χ2v) is 4.14. The topological polar surface area (TPSA) is 63.9 Å². The van der Waals surface area contributed by atoms with Gasteiger partial charge >= 0.3 is 0 Å². The Morgan fingerprint density at radius 3 is 3.00 bits per heavy atom. The van der Waals surface area contributed by atoms with Crippen LogP contribution in [0.4, 0.5) is 0 Å². The summed E-state index contributed by atoms with van der Waals surface area (Å²) in [5.41, 5.74) is 2.38. The van der Waals surface area contributed by atoms with Crippen molar-refractivity contribution < 1.29 is 14.7 Å². The zero-order valence-electron chi connectivity index (χ0n) is 9.52. The normalized spacial score (nSPS) is 18.2. The third kappa shape index (κ3) is 1.86. The summed E-state index contributed by atoms with van der Waals surface area (Å²) in [4.78, 5) is 4.19. The van der Waals surface area contributed by atoms with E-state index in [1.54, 1.807) is 6.20 Å². The zero-order valence-corrected chi connectivity index (χ0v) is 9.52. The van der Waals surface area contributed by atoms with Crippen LogP contribution in [0, 0.1) is 6.92 Å². The third-order valence-electron chi connectivity index (χ3n) is 2.46. The maximum absolute atomic E-state index is 8.55. The van der Waals surface area contributed by atoms with Gasteiger partial charge in [-0.25, -0.2) is 0 Å². The highest BCUT2D eigenvalue weighted by Gasteiger charge is 2.30. The van der Waals surface area contributed by atoms with Crippen LogP contribution in [0.25, 0.3) is 0 Å². The molecule has 0 atom stereocenters. The predicted molar refractivity (Wildman–Crippen MR) is 57.9 cm³/mol. The van der Waals surface area contributed by atoms with Crippen molar-refractivity contribution in [1.29, 1.82) is 0 Å². The fraction of sp³-hybridized carbons (Fsp3) is 0.455. The van der Waals surface area contributed by atoms with E-state index in [9.17, 15) is 0 Å². The zero-order chi connectivity index (χ0) is 11.8. The SMILES string of the molecule is Cc1ncc(C=NO)c2c1OC(C)(C)OC2. The highest BCUT2D eigenvalue weighted by Crippen LogP contribution is 2.34. The molecule has 0 spiro atoms. The van der Waals surface area contributed by atoms with Gasteiger partial charge in [0.25, 0.3) is 0 Å². The van der Waals surface area contributed by atoms with Gasteiger partial charge in [0, 0.05) is 31.2 Å². The summed E-state index contributed by atoms with van der Waals surface area (Å²) in [6, 6.07) is 0. The number of hydrogen-bond donors (Lipinski definition) is 1. The molecule has 0 saturated carbocycles. The fourth-order valence-corrected chi connectivity index (χ4v) is 1.63. The first-order valence-electron chi connectivity index (χ1n) is 5.02. The molecule has 1 aromatic rings. The third-order valence-corrected chi connectivity index (χ3v) is 2.46. The van der Waals surface area contributed by atoms with Gasteiger partial charge in [-0.3, -0.25) is 4.98 Å². The number of rotatable bonds is 1. The number of ether oxygens (including phenoxy) is 2. The van der Waals surface area contributed by atoms with Crippen LogP contribution in [0.1, 0.15) is 30.7 Å². The number of nitrogens with zero attached hydrogens (tertiary/aromatic N) is 2. The summed E-state index contributed by atoms with van der Waals surface area (Å²) in [6.07, 6.45) is 2.97. The molecule has 16 heavy (non-hydrogen) atoms. The largest absolute Gasteiger partial charge is 0.461 e. The van der Waals surface area contributed by atoms with Crippen LogP contribution in [0.15, 0.2) is 11.4 Å². The Labute approximate surface area is 93.7 Å². The van der Waals surface area contributed by atoms with Gasteiger partial charge in [0.2, 0.25) is 5.79 Å². The summed E-state index contributed by atoms with van der Waals surface area (Å²) in [7, 11) is 0. The molecule has 5 nitrogen and oxygen atoms in total. The second kappa shape index (κ2) is 3.75. The van der Waals surface area contributed by atoms with E-state index in [0.29, 0.717) is 17.9 Å². The molecule has 0 aromatic carbocycles. The van der Waals surface area contributed by atoms with Crippen molar-refractivity contribution in [1.82, 2.24) is 4.98 Å². The van der Waals surface area contributed by atoms with E-state index in [2.05, 4.69) is 10.1 Å². The molecule has 0 amide bonds. The number of aromatic nitrogens is 1. The molecule has 0 aliphatic carbocycles. The van der Waals surface area contributed by atoms with E-state index >= 15 is 0 Å². The molecule has 2 rings (SSSR count). The van der Waals surface area contributed by atoms with E-state index < -0.39 is 5.79 Å². The highest BCUT2D eigenvalue weighted by atomic mass is 16.7. The number of hydrogen-bond acceptors (Lipinski definition) is 5. The van der Waals surface area contributed by atoms with Gasteiger partial charge in [0.15, 0.2) is 5.75 Å². The van der Waals surface area contributed by atoms with Crippen LogP contribution in [-0.4, -0.2) is 22.2 Å². The number of pyridine rings is 1. The lowest BCUT2D eigenvalue weighted by Crippen LogP contribution is -2.36. The van der Waals surface area contributed by atoms with Crippen molar-refractivity contribution in [3.8, 4) is 5.75 Å². The standard InChI is InChI=1S/C11H14N2O3/c1-7-10-9(6-15-11(2,3)16-10)8(4-12-7)5-13-14/h4-5,14H,6H2,1-3H3. The molecule has 2 heterocycles. The molecule has 0 bridgehead atoms. The Bertz CT molecular complexity index is 441. The minimum atomic E-state index is -0.644. The Morgan fingerprint density at radius 1 is 1.56 bits per heavy atom. The highest BCUT2D eigenvalue weighted by molar-refractivity contribution is 5.82. The molecule has 86 valence electrons.